The van der Waals surface area contributed by atoms with Gasteiger partial charge in [0.2, 0.25) is 0 Å². The number of hydrogen-bond acceptors (Lipinski definition) is 0. The fourth-order valence-corrected chi connectivity index (χ4v) is 2.02. The molecule has 0 heteroatoms. The van der Waals surface area contributed by atoms with E-state index in [2.05, 4.69) is 41.2 Å². The van der Waals surface area contributed by atoms with Crippen LogP contribution < -0.4 is 0 Å². The minimum Gasteiger partial charge on any atom is -0.103 e. The number of hydrogen-bond donors (Lipinski definition) is 0. The molecule has 0 saturated carbocycles. The van der Waals surface area contributed by atoms with E-state index in [-0.39, 0.29) is 0 Å². The van der Waals surface area contributed by atoms with Gasteiger partial charge in [0.15, 0.2) is 0 Å². The highest BCUT2D eigenvalue weighted by molar-refractivity contribution is 4.79. The quantitative estimate of drug-likeness (QED) is 0.545. The summed E-state index contributed by atoms with van der Waals surface area (Å²) in [5.74, 6) is 0. The van der Waals surface area contributed by atoms with E-state index >= 15 is 0 Å². The normalized spacial score (nSPS) is 13.1. The monoisotopic (exact) mass is 168 g/mol. The van der Waals surface area contributed by atoms with Crippen molar-refractivity contribution >= 4 is 0 Å². The van der Waals surface area contributed by atoms with E-state index in [1.54, 1.807) is 0 Å². The van der Waals surface area contributed by atoms with E-state index in [1.165, 1.54) is 12.8 Å². The Labute approximate surface area is 78.1 Å². The van der Waals surface area contributed by atoms with Gasteiger partial charge < -0.3 is 0 Å². The molecule has 0 aromatic rings. The molecular weight excluding hydrogens is 144 g/mol. The van der Waals surface area contributed by atoms with Crippen LogP contribution in [0.2, 0.25) is 0 Å². The Kier molecular flexibility index (Phi) is 4.02. The van der Waals surface area contributed by atoms with Crippen molar-refractivity contribution in [2.45, 2.75) is 53.9 Å². The molecule has 0 saturated heterocycles. The van der Waals surface area contributed by atoms with E-state index in [0.29, 0.717) is 10.8 Å². The predicted octanol–water partition coefficient (Wildman–Crippen LogP) is 4.42. The van der Waals surface area contributed by atoms with Crippen molar-refractivity contribution in [2.24, 2.45) is 10.8 Å². The van der Waals surface area contributed by atoms with Gasteiger partial charge in [0, 0.05) is 0 Å². The molecule has 0 aromatic carbocycles. The lowest BCUT2D eigenvalue weighted by Gasteiger charge is -2.32. The number of allylic oxidation sites excluding steroid dienone is 1. The highest BCUT2D eigenvalue weighted by Crippen LogP contribution is 2.36. The summed E-state index contributed by atoms with van der Waals surface area (Å²) in [5.41, 5.74) is 0.914. The molecule has 0 rings (SSSR count). The van der Waals surface area contributed by atoms with Gasteiger partial charge >= 0.3 is 0 Å². The molecule has 0 nitrogen and oxygen atoms in total. The first kappa shape index (κ1) is 11.7. The third-order valence-corrected chi connectivity index (χ3v) is 2.03. The maximum absolute atomic E-state index is 3.76. The molecule has 0 radical (unpaired) electrons. The molecule has 12 heavy (non-hydrogen) atoms. The van der Waals surface area contributed by atoms with Crippen molar-refractivity contribution in [1.29, 1.82) is 0 Å². The molecule has 0 heterocycles. The predicted molar refractivity (Wildman–Crippen MR) is 57.3 cm³/mol. The Morgan fingerprint density at radius 3 is 1.92 bits per heavy atom. The molecule has 0 atom stereocenters. The summed E-state index contributed by atoms with van der Waals surface area (Å²) in [4.78, 5) is 0. The van der Waals surface area contributed by atoms with Crippen LogP contribution in [0.5, 0.6) is 0 Å². The van der Waals surface area contributed by atoms with Gasteiger partial charge in [-0.05, 0) is 30.1 Å². The average molecular weight is 168 g/mol. The minimum absolute atomic E-state index is 0.449. The van der Waals surface area contributed by atoms with Gasteiger partial charge in [-0.1, -0.05) is 40.7 Å². The first-order valence-electron chi connectivity index (χ1n) is 4.88. The lowest BCUT2D eigenvalue weighted by molar-refractivity contribution is 0.200. The van der Waals surface area contributed by atoms with Gasteiger partial charge in [0.1, 0.15) is 0 Å². The fourth-order valence-electron chi connectivity index (χ4n) is 2.02. The Hall–Kier alpha value is -0.260. The van der Waals surface area contributed by atoms with Crippen molar-refractivity contribution in [3.05, 3.63) is 12.7 Å². The van der Waals surface area contributed by atoms with Crippen molar-refractivity contribution in [1.82, 2.24) is 0 Å². The van der Waals surface area contributed by atoms with Crippen LogP contribution in [0.4, 0.5) is 0 Å². The lowest BCUT2D eigenvalue weighted by atomic mass is 9.74. The van der Waals surface area contributed by atoms with Crippen LogP contribution in [0.15, 0.2) is 12.7 Å². The molecule has 0 aliphatic rings. The smallest absolute Gasteiger partial charge is 0.0346 e. The SMILES string of the molecule is C=CCCC(C)(C)CC(C)(C)C. The molecule has 0 unspecified atom stereocenters. The molecule has 0 N–H and O–H groups in total. The van der Waals surface area contributed by atoms with E-state index in [4.69, 9.17) is 0 Å². The summed E-state index contributed by atoms with van der Waals surface area (Å²) in [6, 6.07) is 0. The second-order valence-corrected chi connectivity index (χ2v) is 5.73. The Balaban J connectivity index is 3.94. The van der Waals surface area contributed by atoms with E-state index in [0.717, 1.165) is 6.42 Å². The van der Waals surface area contributed by atoms with E-state index in [9.17, 15) is 0 Å². The van der Waals surface area contributed by atoms with Crippen LogP contribution in [0, 0.1) is 10.8 Å². The molecule has 0 spiro atoms. The van der Waals surface area contributed by atoms with Crippen LogP contribution in [-0.4, -0.2) is 0 Å². The lowest BCUT2D eigenvalue weighted by Crippen LogP contribution is -2.20. The molecule has 72 valence electrons. The Bertz CT molecular complexity index is 135. The molecular formula is C12H24. The number of rotatable bonds is 4. The van der Waals surface area contributed by atoms with Gasteiger partial charge in [-0.2, -0.15) is 0 Å². The summed E-state index contributed by atoms with van der Waals surface area (Å²) >= 11 is 0. The van der Waals surface area contributed by atoms with Crippen LogP contribution in [-0.2, 0) is 0 Å². The summed E-state index contributed by atoms with van der Waals surface area (Å²) in [6.07, 6.45) is 5.70. The second kappa shape index (κ2) is 4.11. The zero-order chi connectivity index (χ0) is 9.83. The minimum atomic E-state index is 0.449. The molecule has 0 aromatic heterocycles. The van der Waals surface area contributed by atoms with Gasteiger partial charge in [-0.15, -0.1) is 6.58 Å². The summed E-state index contributed by atoms with van der Waals surface area (Å²) in [6.45, 7) is 15.4. The first-order chi connectivity index (χ1) is 5.27. The van der Waals surface area contributed by atoms with Gasteiger partial charge in [0.05, 0.1) is 0 Å². The van der Waals surface area contributed by atoms with Gasteiger partial charge in [0.25, 0.3) is 0 Å². The molecule has 0 fully saturated rings. The molecule has 0 aliphatic carbocycles. The third-order valence-electron chi connectivity index (χ3n) is 2.03. The van der Waals surface area contributed by atoms with Crippen LogP contribution in [0.3, 0.4) is 0 Å². The van der Waals surface area contributed by atoms with E-state index < -0.39 is 0 Å². The third kappa shape index (κ3) is 6.45. The molecule has 0 amide bonds. The zero-order valence-corrected chi connectivity index (χ0v) is 9.41. The maximum atomic E-state index is 3.76. The summed E-state index contributed by atoms with van der Waals surface area (Å²) in [7, 11) is 0. The van der Waals surface area contributed by atoms with Crippen molar-refractivity contribution in [2.75, 3.05) is 0 Å². The van der Waals surface area contributed by atoms with Gasteiger partial charge in [-0.25, -0.2) is 0 Å². The van der Waals surface area contributed by atoms with Crippen molar-refractivity contribution in [3.8, 4) is 0 Å². The highest BCUT2D eigenvalue weighted by Gasteiger charge is 2.24. The maximum Gasteiger partial charge on any atom is -0.0346 e. The molecule has 0 bridgehead atoms. The van der Waals surface area contributed by atoms with Crippen LogP contribution >= 0.6 is 0 Å². The fraction of sp³-hybridized carbons (Fsp3) is 0.833. The zero-order valence-electron chi connectivity index (χ0n) is 9.41. The van der Waals surface area contributed by atoms with Gasteiger partial charge in [-0.3, -0.25) is 0 Å². The van der Waals surface area contributed by atoms with Crippen LogP contribution in [0.25, 0.3) is 0 Å². The van der Waals surface area contributed by atoms with Crippen molar-refractivity contribution in [3.63, 3.8) is 0 Å². The Morgan fingerprint density at radius 2 is 1.58 bits per heavy atom. The average Bonchev–Trinajstić information content (AvgIpc) is 1.78. The first-order valence-corrected chi connectivity index (χ1v) is 4.88. The Morgan fingerprint density at radius 1 is 1.08 bits per heavy atom. The summed E-state index contributed by atoms with van der Waals surface area (Å²) in [5, 5.41) is 0. The van der Waals surface area contributed by atoms with E-state index in [1.807, 2.05) is 6.08 Å². The van der Waals surface area contributed by atoms with Crippen molar-refractivity contribution < 1.29 is 0 Å². The molecule has 0 aliphatic heterocycles. The highest BCUT2D eigenvalue weighted by atomic mass is 14.3. The second-order valence-electron chi connectivity index (χ2n) is 5.73. The topological polar surface area (TPSA) is 0 Å². The standard InChI is InChI=1S/C12H24/c1-7-8-9-12(5,6)10-11(2,3)4/h7H,1,8-10H2,2-6H3. The van der Waals surface area contributed by atoms with Crippen LogP contribution in [0.1, 0.15) is 53.9 Å². The summed E-state index contributed by atoms with van der Waals surface area (Å²) < 4.78 is 0. The largest absolute Gasteiger partial charge is 0.103 e.